The summed E-state index contributed by atoms with van der Waals surface area (Å²) in [6.07, 6.45) is 4.17. The number of hydrogen-bond donors (Lipinski definition) is 3. The summed E-state index contributed by atoms with van der Waals surface area (Å²) in [5.41, 5.74) is 2.83. The maximum atomic E-state index is 12.0. The number of aryl methyl sites for hydroxylation is 2. The van der Waals surface area contributed by atoms with Crippen LogP contribution in [0.5, 0.6) is 0 Å². The van der Waals surface area contributed by atoms with Crippen molar-refractivity contribution in [3.05, 3.63) is 54.6 Å². The first-order valence-corrected chi connectivity index (χ1v) is 9.23. The maximum Gasteiger partial charge on any atom is 0.243 e. The van der Waals surface area contributed by atoms with Crippen molar-refractivity contribution in [3.8, 4) is 0 Å². The van der Waals surface area contributed by atoms with Gasteiger partial charge in [-0.2, -0.15) is 0 Å². The zero-order chi connectivity index (χ0) is 19.8. The van der Waals surface area contributed by atoms with E-state index in [0.717, 1.165) is 36.4 Å². The molecule has 8 nitrogen and oxygen atoms in total. The molecule has 0 saturated carbocycles. The van der Waals surface area contributed by atoms with Crippen LogP contribution in [-0.4, -0.2) is 46.5 Å². The summed E-state index contributed by atoms with van der Waals surface area (Å²) >= 11 is 0. The first kappa shape index (κ1) is 19.3. The highest BCUT2D eigenvalue weighted by Crippen LogP contribution is 2.15. The average Bonchev–Trinajstić information content (AvgIpc) is 3.03. The molecule has 1 amide bonds. The van der Waals surface area contributed by atoms with Crippen LogP contribution in [0.4, 0.5) is 5.69 Å². The Morgan fingerprint density at radius 1 is 1.18 bits per heavy atom. The van der Waals surface area contributed by atoms with Gasteiger partial charge in [-0.3, -0.25) is 14.8 Å². The molecule has 0 atom stereocenters. The van der Waals surface area contributed by atoms with Crippen molar-refractivity contribution in [2.24, 2.45) is 4.99 Å². The number of benzene rings is 1. The number of amides is 1. The van der Waals surface area contributed by atoms with Crippen LogP contribution in [0.15, 0.2) is 53.8 Å². The zero-order valence-electron chi connectivity index (χ0n) is 16.1. The molecule has 0 aliphatic rings. The van der Waals surface area contributed by atoms with Crippen LogP contribution in [0.2, 0.25) is 0 Å². The Morgan fingerprint density at radius 2 is 2.04 bits per heavy atom. The molecule has 2 heterocycles. The number of rotatable bonds is 7. The van der Waals surface area contributed by atoms with E-state index in [-0.39, 0.29) is 12.5 Å². The Kier molecular flexibility index (Phi) is 6.56. The summed E-state index contributed by atoms with van der Waals surface area (Å²) in [6, 6.07) is 11.7. The van der Waals surface area contributed by atoms with Crippen LogP contribution < -0.4 is 16.0 Å². The number of nitrogens with one attached hydrogen (secondary N) is 3. The fourth-order valence-electron chi connectivity index (χ4n) is 2.95. The molecule has 3 aromatic rings. The van der Waals surface area contributed by atoms with Crippen LogP contribution in [0.3, 0.4) is 0 Å². The Balaban J connectivity index is 1.42. The number of pyridine rings is 1. The van der Waals surface area contributed by atoms with Crippen molar-refractivity contribution in [1.82, 2.24) is 25.2 Å². The molecule has 0 radical (unpaired) electrons. The molecule has 0 bridgehead atoms. The van der Waals surface area contributed by atoms with Gasteiger partial charge in [0.15, 0.2) is 5.96 Å². The number of guanidine groups is 1. The summed E-state index contributed by atoms with van der Waals surface area (Å²) in [4.78, 5) is 24.7. The van der Waals surface area contributed by atoms with Gasteiger partial charge in [-0.25, -0.2) is 4.98 Å². The van der Waals surface area contributed by atoms with Gasteiger partial charge in [0.1, 0.15) is 5.82 Å². The molecule has 0 fully saturated rings. The topological polar surface area (TPSA) is 96.2 Å². The lowest BCUT2D eigenvalue weighted by molar-refractivity contribution is -0.115. The number of aliphatic imine (C=N–C) groups is 1. The normalized spacial score (nSPS) is 11.4. The van der Waals surface area contributed by atoms with Gasteiger partial charge in [0.25, 0.3) is 0 Å². The van der Waals surface area contributed by atoms with Gasteiger partial charge >= 0.3 is 0 Å². The maximum absolute atomic E-state index is 12.0. The summed E-state index contributed by atoms with van der Waals surface area (Å²) < 4.78 is 2.22. The smallest absolute Gasteiger partial charge is 0.243 e. The highest BCUT2D eigenvalue weighted by molar-refractivity contribution is 5.94. The standard InChI is InChI=1S/C20H25N7O/c1-15-25-17-8-3-4-9-18(17)27(15)12-6-11-23-20(21-2)24-14-19(28)26-16-7-5-10-22-13-16/h3-5,7-10,13H,6,11-12,14H2,1-2H3,(H,26,28)(H2,21,23,24). The van der Waals surface area contributed by atoms with Crippen LogP contribution in [0.1, 0.15) is 12.2 Å². The Hall–Kier alpha value is -3.42. The molecule has 8 heteroatoms. The van der Waals surface area contributed by atoms with E-state index in [9.17, 15) is 4.79 Å². The number of hydrogen-bond acceptors (Lipinski definition) is 4. The SMILES string of the molecule is CN=C(NCCCn1c(C)nc2ccccc21)NCC(=O)Nc1cccnc1. The van der Waals surface area contributed by atoms with E-state index >= 15 is 0 Å². The Labute approximate surface area is 164 Å². The first-order valence-electron chi connectivity index (χ1n) is 9.23. The van der Waals surface area contributed by atoms with Gasteiger partial charge in [-0.1, -0.05) is 12.1 Å². The number of para-hydroxylation sites is 2. The molecule has 1 aromatic carbocycles. The molecule has 0 aliphatic carbocycles. The van der Waals surface area contributed by atoms with Crippen LogP contribution >= 0.6 is 0 Å². The highest BCUT2D eigenvalue weighted by atomic mass is 16.1. The lowest BCUT2D eigenvalue weighted by Crippen LogP contribution is -2.41. The fourth-order valence-corrected chi connectivity index (χ4v) is 2.95. The minimum absolute atomic E-state index is 0.125. The molecule has 0 aliphatic heterocycles. The number of aromatic nitrogens is 3. The van der Waals surface area contributed by atoms with Gasteiger partial charge in [0, 0.05) is 26.3 Å². The van der Waals surface area contributed by atoms with Crippen molar-refractivity contribution in [2.45, 2.75) is 19.9 Å². The van der Waals surface area contributed by atoms with Crippen LogP contribution in [0.25, 0.3) is 11.0 Å². The predicted molar refractivity (Wildman–Crippen MR) is 111 cm³/mol. The van der Waals surface area contributed by atoms with E-state index in [1.165, 1.54) is 0 Å². The number of carbonyl (C=O) groups excluding carboxylic acids is 1. The van der Waals surface area contributed by atoms with Crippen molar-refractivity contribution < 1.29 is 4.79 Å². The molecule has 0 spiro atoms. The predicted octanol–water partition coefficient (Wildman–Crippen LogP) is 1.93. The van der Waals surface area contributed by atoms with E-state index < -0.39 is 0 Å². The second-order valence-corrected chi connectivity index (χ2v) is 6.30. The van der Waals surface area contributed by atoms with Gasteiger partial charge < -0.3 is 20.5 Å². The summed E-state index contributed by atoms with van der Waals surface area (Å²) in [7, 11) is 1.68. The molecule has 146 valence electrons. The van der Waals surface area contributed by atoms with Gasteiger partial charge in [-0.05, 0) is 37.6 Å². The lowest BCUT2D eigenvalue weighted by atomic mass is 10.3. The van der Waals surface area contributed by atoms with Crippen molar-refractivity contribution >= 4 is 28.6 Å². The zero-order valence-corrected chi connectivity index (χ0v) is 16.1. The number of anilines is 1. The Morgan fingerprint density at radius 3 is 2.82 bits per heavy atom. The molecular weight excluding hydrogens is 354 g/mol. The van der Waals surface area contributed by atoms with Crippen molar-refractivity contribution in [2.75, 3.05) is 25.5 Å². The van der Waals surface area contributed by atoms with Crippen molar-refractivity contribution in [3.63, 3.8) is 0 Å². The lowest BCUT2D eigenvalue weighted by Gasteiger charge is -2.12. The number of nitrogens with zero attached hydrogens (tertiary/aromatic N) is 4. The molecule has 3 N–H and O–H groups in total. The summed E-state index contributed by atoms with van der Waals surface area (Å²) in [5, 5.41) is 9.02. The van der Waals surface area contributed by atoms with E-state index in [0.29, 0.717) is 11.6 Å². The average molecular weight is 379 g/mol. The molecular formula is C20H25N7O. The number of imidazole rings is 1. The Bertz CT molecular complexity index is 950. The van der Waals surface area contributed by atoms with E-state index in [4.69, 9.17) is 0 Å². The monoisotopic (exact) mass is 379 g/mol. The minimum atomic E-state index is -0.156. The molecule has 28 heavy (non-hydrogen) atoms. The summed E-state index contributed by atoms with van der Waals surface area (Å²) in [6.45, 7) is 3.74. The van der Waals surface area contributed by atoms with E-state index in [2.05, 4.69) is 41.5 Å². The number of carbonyl (C=O) groups is 1. The highest BCUT2D eigenvalue weighted by Gasteiger charge is 2.07. The van der Waals surface area contributed by atoms with Gasteiger partial charge in [0.2, 0.25) is 5.91 Å². The third-order valence-electron chi connectivity index (χ3n) is 4.28. The van der Waals surface area contributed by atoms with Gasteiger partial charge in [0.05, 0.1) is 29.5 Å². The largest absolute Gasteiger partial charge is 0.356 e. The van der Waals surface area contributed by atoms with Crippen molar-refractivity contribution in [1.29, 1.82) is 0 Å². The molecule has 3 rings (SSSR count). The van der Waals surface area contributed by atoms with Crippen LogP contribution in [-0.2, 0) is 11.3 Å². The molecule has 0 saturated heterocycles. The second kappa shape index (κ2) is 9.50. The van der Waals surface area contributed by atoms with Crippen LogP contribution in [0, 0.1) is 6.92 Å². The molecule has 0 unspecified atom stereocenters. The molecule has 2 aromatic heterocycles. The second-order valence-electron chi connectivity index (χ2n) is 6.30. The third kappa shape index (κ3) is 5.06. The minimum Gasteiger partial charge on any atom is -0.356 e. The quantitative estimate of drug-likeness (QED) is 0.331. The first-order chi connectivity index (χ1) is 13.7. The summed E-state index contributed by atoms with van der Waals surface area (Å²) in [5.74, 6) is 1.45. The van der Waals surface area contributed by atoms with E-state index in [1.54, 1.807) is 31.6 Å². The fraction of sp³-hybridized carbons (Fsp3) is 0.300. The van der Waals surface area contributed by atoms with Gasteiger partial charge in [-0.15, -0.1) is 0 Å². The van der Waals surface area contributed by atoms with E-state index in [1.807, 2.05) is 25.1 Å². The number of fused-ring (bicyclic) bond motifs is 1. The third-order valence-corrected chi connectivity index (χ3v) is 4.28.